The molecule has 2 aliphatic rings. The molecule has 118 valence electrons. The summed E-state index contributed by atoms with van der Waals surface area (Å²) in [7, 11) is 0. The number of benzene rings is 2. The molecule has 2 heterocycles. The topological polar surface area (TPSA) is 70.6 Å². The lowest BCUT2D eigenvalue weighted by Crippen LogP contribution is -2.60. The number of carbonyl (C=O) groups is 1. The fourth-order valence-electron chi connectivity index (χ4n) is 3.12. The first-order valence-corrected chi connectivity index (χ1v) is 7.79. The van der Waals surface area contributed by atoms with Crippen LogP contribution in [0.2, 0.25) is 5.02 Å². The minimum atomic E-state index is -0.487. The number of para-hydroxylation sites is 1. The van der Waals surface area contributed by atoms with Crippen molar-refractivity contribution < 1.29 is 14.6 Å². The molecule has 5 nitrogen and oxygen atoms in total. The summed E-state index contributed by atoms with van der Waals surface area (Å²) in [4.78, 5) is 12.5. The zero-order valence-electron chi connectivity index (χ0n) is 12.1. The number of aromatic hydroxyl groups is 1. The predicted octanol–water partition coefficient (Wildman–Crippen LogP) is 2.34. The molecule has 0 aliphatic carbocycles. The van der Waals surface area contributed by atoms with Crippen molar-refractivity contribution in [2.45, 2.75) is 18.8 Å². The van der Waals surface area contributed by atoms with Crippen LogP contribution in [-0.4, -0.2) is 17.2 Å². The van der Waals surface area contributed by atoms with Crippen LogP contribution in [0, 0.1) is 5.92 Å². The second-order valence-corrected chi connectivity index (χ2v) is 6.20. The molecule has 4 rings (SSSR count). The van der Waals surface area contributed by atoms with E-state index < -0.39 is 12.4 Å². The van der Waals surface area contributed by atoms with Gasteiger partial charge in [-0.3, -0.25) is 10.1 Å². The molecule has 2 aliphatic heterocycles. The van der Waals surface area contributed by atoms with E-state index in [1.54, 1.807) is 24.3 Å². The lowest BCUT2D eigenvalue weighted by Gasteiger charge is -2.40. The van der Waals surface area contributed by atoms with E-state index in [0.717, 1.165) is 11.3 Å². The van der Waals surface area contributed by atoms with Crippen LogP contribution in [0.3, 0.4) is 0 Å². The number of phenolic OH excluding ortho intramolecular Hbond substituents is 1. The summed E-state index contributed by atoms with van der Waals surface area (Å²) in [6, 6.07) is 12.3. The molecule has 2 aromatic carbocycles. The van der Waals surface area contributed by atoms with Crippen molar-refractivity contribution in [3.63, 3.8) is 0 Å². The van der Waals surface area contributed by atoms with E-state index in [1.165, 1.54) is 0 Å². The maximum absolute atomic E-state index is 12.5. The zero-order chi connectivity index (χ0) is 16.0. The Bertz CT molecular complexity index is 780. The van der Waals surface area contributed by atoms with Gasteiger partial charge in [0, 0.05) is 10.6 Å². The maximum atomic E-state index is 12.5. The van der Waals surface area contributed by atoms with Gasteiger partial charge in [0.05, 0.1) is 5.92 Å². The minimum Gasteiger partial charge on any atom is -0.508 e. The standard InChI is InChI=1S/C17H15ClN2O3/c18-10-5-6-14-9(7-10)8-12-16(22)19-15(20-17(12)23-14)11-3-1-2-4-13(11)21/h1-7,12,15,17,20-21H,8H2,(H,19,22). The third-order valence-corrected chi connectivity index (χ3v) is 4.52. The summed E-state index contributed by atoms with van der Waals surface area (Å²) < 4.78 is 5.94. The number of phenols is 1. The SMILES string of the molecule is O=C1NC(c2ccccc2O)NC2Oc3ccc(Cl)cc3CC12. The quantitative estimate of drug-likeness (QED) is 0.750. The molecular weight excluding hydrogens is 316 g/mol. The van der Waals surface area contributed by atoms with E-state index in [0.29, 0.717) is 17.0 Å². The molecule has 1 saturated heterocycles. The van der Waals surface area contributed by atoms with Crippen molar-refractivity contribution in [2.24, 2.45) is 5.92 Å². The lowest BCUT2D eigenvalue weighted by molar-refractivity contribution is -0.135. The summed E-state index contributed by atoms with van der Waals surface area (Å²) >= 11 is 6.01. The van der Waals surface area contributed by atoms with E-state index in [1.807, 2.05) is 18.2 Å². The highest BCUT2D eigenvalue weighted by molar-refractivity contribution is 6.30. The number of amides is 1. The third kappa shape index (κ3) is 2.52. The monoisotopic (exact) mass is 330 g/mol. The molecule has 1 amide bonds. The smallest absolute Gasteiger partial charge is 0.230 e. The largest absolute Gasteiger partial charge is 0.508 e. The van der Waals surface area contributed by atoms with Crippen LogP contribution in [-0.2, 0) is 11.2 Å². The Morgan fingerprint density at radius 2 is 2.04 bits per heavy atom. The van der Waals surface area contributed by atoms with Gasteiger partial charge in [-0.25, -0.2) is 0 Å². The molecule has 3 unspecified atom stereocenters. The van der Waals surface area contributed by atoms with Crippen molar-refractivity contribution in [3.8, 4) is 11.5 Å². The van der Waals surface area contributed by atoms with Gasteiger partial charge in [-0.2, -0.15) is 0 Å². The first-order chi connectivity index (χ1) is 11.1. The van der Waals surface area contributed by atoms with Crippen LogP contribution in [0.25, 0.3) is 0 Å². The zero-order valence-corrected chi connectivity index (χ0v) is 12.9. The average Bonchev–Trinajstić information content (AvgIpc) is 2.54. The molecule has 2 aromatic rings. The number of nitrogens with one attached hydrogen (secondary N) is 2. The number of ether oxygens (including phenoxy) is 1. The Morgan fingerprint density at radius 3 is 2.87 bits per heavy atom. The van der Waals surface area contributed by atoms with Crippen molar-refractivity contribution in [1.82, 2.24) is 10.6 Å². The molecular formula is C17H15ClN2O3. The van der Waals surface area contributed by atoms with Crippen LogP contribution in [0.15, 0.2) is 42.5 Å². The van der Waals surface area contributed by atoms with Crippen molar-refractivity contribution in [2.75, 3.05) is 0 Å². The molecule has 6 heteroatoms. The first-order valence-electron chi connectivity index (χ1n) is 7.41. The highest BCUT2D eigenvalue weighted by atomic mass is 35.5. The number of carbonyl (C=O) groups excluding carboxylic acids is 1. The molecule has 0 saturated carbocycles. The van der Waals surface area contributed by atoms with E-state index in [-0.39, 0.29) is 17.6 Å². The van der Waals surface area contributed by atoms with Gasteiger partial charge >= 0.3 is 0 Å². The van der Waals surface area contributed by atoms with Gasteiger partial charge in [-0.15, -0.1) is 0 Å². The molecule has 23 heavy (non-hydrogen) atoms. The summed E-state index contributed by atoms with van der Waals surface area (Å²) in [6.07, 6.45) is -0.367. The molecule has 0 radical (unpaired) electrons. The highest BCUT2D eigenvalue weighted by Gasteiger charge is 2.41. The third-order valence-electron chi connectivity index (χ3n) is 4.28. The second kappa shape index (κ2) is 5.44. The van der Waals surface area contributed by atoms with Gasteiger partial charge in [0.15, 0.2) is 6.23 Å². The normalized spacial score (nSPS) is 25.8. The Balaban J connectivity index is 1.63. The summed E-state index contributed by atoms with van der Waals surface area (Å²) in [5, 5.41) is 16.8. The van der Waals surface area contributed by atoms with Crippen LogP contribution in [0.5, 0.6) is 11.5 Å². The molecule has 1 fully saturated rings. The Hall–Kier alpha value is -2.24. The van der Waals surface area contributed by atoms with Crippen LogP contribution in [0.4, 0.5) is 0 Å². The van der Waals surface area contributed by atoms with Gasteiger partial charge < -0.3 is 15.2 Å². The maximum Gasteiger partial charge on any atom is 0.230 e. The predicted molar refractivity (Wildman–Crippen MR) is 85.2 cm³/mol. The first kappa shape index (κ1) is 14.4. The van der Waals surface area contributed by atoms with Gasteiger partial charge in [0.25, 0.3) is 0 Å². The summed E-state index contributed by atoms with van der Waals surface area (Å²) in [6.45, 7) is 0. The molecule has 0 spiro atoms. The fourth-order valence-corrected chi connectivity index (χ4v) is 3.31. The van der Waals surface area contributed by atoms with Crippen molar-refractivity contribution in [3.05, 3.63) is 58.6 Å². The lowest BCUT2D eigenvalue weighted by atomic mass is 9.91. The minimum absolute atomic E-state index is 0.104. The number of hydrogen-bond acceptors (Lipinski definition) is 4. The Labute approximate surface area is 138 Å². The van der Waals surface area contributed by atoms with Crippen LogP contribution >= 0.6 is 11.6 Å². The van der Waals surface area contributed by atoms with Crippen molar-refractivity contribution in [1.29, 1.82) is 0 Å². The Morgan fingerprint density at radius 1 is 1.22 bits per heavy atom. The van der Waals surface area contributed by atoms with E-state index in [4.69, 9.17) is 16.3 Å². The number of hydrogen-bond donors (Lipinski definition) is 3. The van der Waals surface area contributed by atoms with E-state index in [2.05, 4.69) is 10.6 Å². The van der Waals surface area contributed by atoms with Crippen LogP contribution < -0.4 is 15.4 Å². The van der Waals surface area contributed by atoms with Gasteiger partial charge in [0.1, 0.15) is 17.7 Å². The molecule has 0 aromatic heterocycles. The number of rotatable bonds is 1. The van der Waals surface area contributed by atoms with Crippen LogP contribution in [0.1, 0.15) is 17.3 Å². The summed E-state index contributed by atoms with van der Waals surface area (Å²) in [5.74, 6) is 0.427. The van der Waals surface area contributed by atoms with E-state index >= 15 is 0 Å². The van der Waals surface area contributed by atoms with Crippen molar-refractivity contribution >= 4 is 17.5 Å². The molecule has 3 atom stereocenters. The summed E-state index contributed by atoms with van der Waals surface area (Å²) in [5.41, 5.74) is 1.54. The molecule has 0 bridgehead atoms. The second-order valence-electron chi connectivity index (χ2n) is 5.77. The van der Waals surface area contributed by atoms with Gasteiger partial charge in [-0.1, -0.05) is 29.8 Å². The number of halogens is 1. The Kier molecular flexibility index (Phi) is 3.39. The molecule has 3 N–H and O–H groups in total. The average molecular weight is 331 g/mol. The van der Waals surface area contributed by atoms with Gasteiger partial charge in [-0.05, 0) is 36.2 Å². The highest BCUT2D eigenvalue weighted by Crippen LogP contribution is 2.35. The fraction of sp³-hybridized carbons (Fsp3) is 0.235. The van der Waals surface area contributed by atoms with E-state index in [9.17, 15) is 9.90 Å². The van der Waals surface area contributed by atoms with Gasteiger partial charge in [0.2, 0.25) is 5.91 Å². The number of fused-ring (bicyclic) bond motifs is 2.